The van der Waals surface area contributed by atoms with Crippen LogP contribution in [-0.4, -0.2) is 34.0 Å². The zero-order valence-corrected chi connectivity index (χ0v) is 9.12. The Morgan fingerprint density at radius 3 is 3.00 bits per heavy atom. The molecule has 0 bridgehead atoms. The van der Waals surface area contributed by atoms with Crippen molar-refractivity contribution in [1.29, 1.82) is 0 Å². The first kappa shape index (κ1) is 10.9. The number of hydrogen-bond acceptors (Lipinski definition) is 3. The topological polar surface area (TPSA) is 73.4 Å². The highest BCUT2D eigenvalue weighted by atomic mass is 16.4. The van der Waals surface area contributed by atoms with E-state index in [2.05, 4.69) is 16.8 Å². The van der Waals surface area contributed by atoms with E-state index in [9.17, 15) is 9.59 Å². The van der Waals surface area contributed by atoms with E-state index < -0.39 is 11.5 Å². The fourth-order valence-electron chi connectivity index (χ4n) is 1.99. The van der Waals surface area contributed by atoms with Crippen LogP contribution in [0.1, 0.15) is 28.5 Å². The fourth-order valence-corrected chi connectivity index (χ4v) is 1.99. The van der Waals surface area contributed by atoms with Crippen LogP contribution in [0.3, 0.4) is 0 Å². The molecule has 0 aromatic carbocycles. The van der Waals surface area contributed by atoms with Gasteiger partial charge in [0.05, 0.1) is 0 Å². The minimum Gasteiger partial charge on any atom is -0.477 e. The third-order valence-corrected chi connectivity index (χ3v) is 2.96. The minimum atomic E-state index is -1.17. The van der Waals surface area contributed by atoms with Gasteiger partial charge in [-0.15, -0.1) is 0 Å². The summed E-state index contributed by atoms with van der Waals surface area (Å²) in [7, 11) is 0. The number of nitrogens with one attached hydrogen (secondary N) is 1. The van der Waals surface area contributed by atoms with E-state index in [0.29, 0.717) is 6.54 Å². The Kier molecular flexibility index (Phi) is 2.78. The number of nitrogens with zero attached hydrogens (tertiary/aromatic N) is 1. The van der Waals surface area contributed by atoms with Crippen LogP contribution in [0.25, 0.3) is 0 Å². The zero-order chi connectivity index (χ0) is 11.7. The maximum Gasteiger partial charge on any atom is 0.341 e. The second-order valence-corrected chi connectivity index (χ2v) is 3.94. The van der Waals surface area contributed by atoms with E-state index >= 15 is 0 Å². The van der Waals surface area contributed by atoms with Gasteiger partial charge < -0.3 is 10.1 Å². The average Bonchev–Trinajstić information content (AvgIpc) is 2.27. The highest BCUT2D eigenvalue weighted by Crippen LogP contribution is 2.16. The van der Waals surface area contributed by atoms with Crippen molar-refractivity contribution in [3.8, 4) is 0 Å². The minimum absolute atomic E-state index is 0.170. The Morgan fingerprint density at radius 1 is 1.62 bits per heavy atom. The number of fused-ring (bicyclic) bond motifs is 1. The number of carbonyl (C=O) groups is 1. The highest BCUT2D eigenvalue weighted by molar-refractivity contribution is 5.87. The van der Waals surface area contributed by atoms with Crippen LogP contribution in [0.4, 0.5) is 0 Å². The normalized spacial score (nSPS) is 15.8. The zero-order valence-electron chi connectivity index (χ0n) is 9.12. The summed E-state index contributed by atoms with van der Waals surface area (Å²) in [6.07, 6.45) is 0.776. The summed E-state index contributed by atoms with van der Waals surface area (Å²) in [4.78, 5) is 27.1. The number of hydrogen-bond donors (Lipinski definition) is 2. The van der Waals surface area contributed by atoms with Crippen LogP contribution >= 0.6 is 0 Å². The summed E-state index contributed by atoms with van der Waals surface area (Å²) >= 11 is 0. The predicted molar refractivity (Wildman–Crippen MR) is 58.7 cm³/mol. The molecule has 0 fully saturated rings. The molecule has 1 aliphatic heterocycles. The Labute approximate surface area is 92.7 Å². The Balaban J connectivity index is 2.44. The Bertz CT molecular complexity index is 479. The first-order chi connectivity index (χ1) is 7.61. The van der Waals surface area contributed by atoms with Crippen LogP contribution in [0, 0.1) is 0 Å². The predicted octanol–water partition coefficient (Wildman–Crippen LogP) is 0.451. The number of likely N-dealkylation sites (N-methyl/N-ethyl adjacent to an activating group) is 1. The van der Waals surface area contributed by atoms with Crippen LogP contribution in [0.2, 0.25) is 0 Å². The molecular weight excluding hydrogens is 208 g/mol. The van der Waals surface area contributed by atoms with Gasteiger partial charge in [0.2, 0.25) is 0 Å². The van der Waals surface area contributed by atoms with Gasteiger partial charge in [-0.1, -0.05) is 6.92 Å². The molecule has 2 heterocycles. The van der Waals surface area contributed by atoms with Crippen molar-refractivity contribution < 1.29 is 9.90 Å². The molecule has 5 heteroatoms. The molecule has 0 spiro atoms. The fraction of sp³-hybridized carbons (Fsp3) is 0.455. The molecule has 0 radical (unpaired) electrons. The lowest BCUT2D eigenvalue weighted by molar-refractivity contribution is 0.0694. The van der Waals surface area contributed by atoms with Gasteiger partial charge in [-0.25, -0.2) is 4.79 Å². The number of H-pyrrole nitrogens is 1. The summed E-state index contributed by atoms with van der Waals surface area (Å²) in [5.74, 6) is -1.17. The average molecular weight is 222 g/mol. The van der Waals surface area contributed by atoms with Crippen molar-refractivity contribution in [2.24, 2.45) is 0 Å². The van der Waals surface area contributed by atoms with Gasteiger partial charge in [-0.3, -0.25) is 9.69 Å². The molecule has 1 aromatic heterocycles. The SMILES string of the molecule is CCN1CCc2[nH]c(=O)c(C(=O)O)cc2C1. The number of aromatic amines is 1. The second kappa shape index (κ2) is 4.09. The summed E-state index contributed by atoms with van der Waals surface area (Å²) in [6, 6.07) is 1.50. The molecule has 0 aliphatic carbocycles. The molecule has 16 heavy (non-hydrogen) atoms. The van der Waals surface area contributed by atoms with E-state index in [1.54, 1.807) is 0 Å². The van der Waals surface area contributed by atoms with E-state index in [0.717, 1.165) is 30.8 Å². The smallest absolute Gasteiger partial charge is 0.341 e. The highest BCUT2D eigenvalue weighted by Gasteiger charge is 2.19. The molecule has 0 unspecified atom stereocenters. The van der Waals surface area contributed by atoms with Crippen molar-refractivity contribution >= 4 is 5.97 Å². The molecule has 2 rings (SSSR count). The quantitative estimate of drug-likeness (QED) is 0.762. The van der Waals surface area contributed by atoms with Gasteiger partial charge in [0.25, 0.3) is 5.56 Å². The van der Waals surface area contributed by atoms with Gasteiger partial charge in [-0.05, 0) is 18.2 Å². The lowest BCUT2D eigenvalue weighted by atomic mass is 10.0. The summed E-state index contributed by atoms with van der Waals surface area (Å²) in [5.41, 5.74) is 1.12. The Hall–Kier alpha value is -1.62. The third kappa shape index (κ3) is 1.86. The molecule has 0 amide bonds. The summed E-state index contributed by atoms with van der Waals surface area (Å²) in [5, 5.41) is 8.86. The van der Waals surface area contributed by atoms with Crippen LogP contribution in [0.15, 0.2) is 10.9 Å². The number of rotatable bonds is 2. The Morgan fingerprint density at radius 2 is 2.38 bits per heavy atom. The van der Waals surface area contributed by atoms with Crippen molar-refractivity contribution in [2.75, 3.05) is 13.1 Å². The van der Waals surface area contributed by atoms with Gasteiger partial charge >= 0.3 is 5.97 Å². The van der Waals surface area contributed by atoms with Crippen LogP contribution in [0.5, 0.6) is 0 Å². The van der Waals surface area contributed by atoms with E-state index in [1.807, 2.05) is 0 Å². The number of aromatic nitrogens is 1. The largest absolute Gasteiger partial charge is 0.477 e. The molecule has 86 valence electrons. The molecule has 1 aromatic rings. The van der Waals surface area contributed by atoms with E-state index in [4.69, 9.17) is 5.11 Å². The lowest BCUT2D eigenvalue weighted by Gasteiger charge is -2.27. The molecule has 0 atom stereocenters. The van der Waals surface area contributed by atoms with E-state index in [1.165, 1.54) is 6.07 Å². The molecule has 1 aliphatic rings. The van der Waals surface area contributed by atoms with Crippen molar-refractivity contribution in [2.45, 2.75) is 19.9 Å². The monoisotopic (exact) mass is 222 g/mol. The van der Waals surface area contributed by atoms with Crippen LogP contribution in [-0.2, 0) is 13.0 Å². The number of aromatic carboxylic acids is 1. The first-order valence-electron chi connectivity index (χ1n) is 5.32. The summed E-state index contributed by atoms with van der Waals surface area (Å²) < 4.78 is 0. The lowest BCUT2D eigenvalue weighted by Crippen LogP contribution is -2.33. The number of carboxylic acid groups (broad SMARTS) is 1. The maximum atomic E-state index is 11.4. The van der Waals surface area contributed by atoms with E-state index in [-0.39, 0.29) is 5.56 Å². The van der Waals surface area contributed by atoms with Crippen molar-refractivity contribution in [3.63, 3.8) is 0 Å². The van der Waals surface area contributed by atoms with Gasteiger partial charge in [0.1, 0.15) is 5.56 Å². The van der Waals surface area contributed by atoms with Crippen molar-refractivity contribution in [1.82, 2.24) is 9.88 Å². The third-order valence-electron chi connectivity index (χ3n) is 2.96. The maximum absolute atomic E-state index is 11.4. The molecular formula is C11H14N2O3. The van der Waals surface area contributed by atoms with Crippen LogP contribution < -0.4 is 5.56 Å². The van der Waals surface area contributed by atoms with Gasteiger partial charge in [0, 0.05) is 25.2 Å². The summed E-state index contributed by atoms with van der Waals surface area (Å²) in [6.45, 7) is 4.62. The first-order valence-corrected chi connectivity index (χ1v) is 5.32. The van der Waals surface area contributed by atoms with Gasteiger partial charge in [-0.2, -0.15) is 0 Å². The van der Waals surface area contributed by atoms with Gasteiger partial charge in [0.15, 0.2) is 0 Å². The molecule has 0 saturated heterocycles. The standard InChI is InChI=1S/C11H14N2O3/c1-2-13-4-3-9-7(6-13)5-8(11(15)16)10(14)12-9/h5H,2-4,6H2,1H3,(H,12,14)(H,15,16). The molecule has 5 nitrogen and oxygen atoms in total. The number of carboxylic acids is 1. The van der Waals surface area contributed by atoms with Crippen molar-refractivity contribution in [3.05, 3.63) is 33.2 Å². The molecule has 2 N–H and O–H groups in total. The number of pyridine rings is 1. The molecule has 0 saturated carbocycles. The second-order valence-electron chi connectivity index (χ2n) is 3.94.